The van der Waals surface area contributed by atoms with E-state index in [9.17, 15) is 4.79 Å². The van der Waals surface area contributed by atoms with E-state index >= 15 is 0 Å². The minimum atomic E-state index is -0.177. The molecule has 0 saturated heterocycles. The van der Waals surface area contributed by atoms with E-state index < -0.39 is 0 Å². The fraction of sp³-hybridized carbons (Fsp3) is 0.300. The Morgan fingerprint density at radius 2 is 1.76 bits per heavy atom. The van der Waals surface area contributed by atoms with Crippen LogP contribution >= 0.6 is 0 Å². The van der Waals surface area contributed by atoms with E-state index in [0.29, 0.717) is 23.2 Å². The van der Waals surface area contributed by atoms with Gasteiger partial charge >= 0.3 is 0 Å². The molecule has 2 unspecified atom stereocenters. The van der Waals surface area contributed by atoms with Crippen molar-refractivity contribution in [2.75, 3.05) is 5.32 Å². The van der Waals surface area contributed by atoms with Gasteiger partial charge < -0.3 is 5.32 Å². The molecular formula is C20H18N4O. The molecule has 0 aliphatic heterocycles. The average molecular weight is 330 g/mol. The maximum atomic E-state index is 12.5. The molecule has 2 aromatic heterocycles. The van der Waals surface area contributed by atoms with Crippen LogP contribution in [0, 0.1) is 6.92 Å². The molecule has 5 rings (SSSR count). The Balaban J connectivity index is 1.49. The van der Waals surface area contributed by atoms with Gasteiger partial charge in [0.2, 0.25) is 0 Å². The fourth-order valence-electron chi connectivity index (χ4n) is 4.10. The molecular weight excluding hydrogens is 312 g/mol. The molecule has 2 aliphatic carbocycles. The second-order valence-electron chi connectivity index (χ2n) is 7.02. The van der Waals surface area contributed by atoms with Gasteiger partial charge in [-0.15, -0.1) is 0 Å². The number of carbonyl (C=O) groups is 1. The van der Waals surface area contributed by atoms with Gasteiger partial charge in [-0.3, -0.25) is 4.79 Å². The first-order valence-corrected chi connectivity index (χ1v) is 8.74. The first kappa shape index (κ1) is 14.5. The molecule has 2 aliphatic rings. The fourth-order valence-corrected chi connectivity index (χ4v) is 4.10. The van der Waals surface area contributed by atoms with Crippen molar-refractivity contribution >= 4 is 22.8 Å². The summed E-state index contributed by atoms with van der Waals surface area (Å²) in [5.74, 6) is 1.53. The summed E-state index contributed by atoms with van der Waals surface area (Å²) in [6.45, 7) is 1.90. The number of anilines is 1. The van der Waals surface area contributed by atoms with Gasteiger partial charge in [-0.05, 0) is 56.5 Å². The van der Waals surface area contributed by atoms with Crippen molar-refractivity contribution in [3.63, 3.8) is 0 Å². The van der Waals surface area contributed by atoms with Crippen molar-refractivity contribution in [1.29, 1.82) is 0 Å². The van der Waals surface area contributed by atoms with Crippen molar-refractivity contribution in [2.24, 2.45) is 0 Å². The van der Waals surface area contributed by atoms with Gasteiger partial charge in [0, 0.05) is 23.1 Å². The molecule has 0 spiro atoms. The van der Waals surface area contributed by atoms with Crippen LogP contribution in [-0.2, 0) is 0 Å². The highest BCUT2D eigenvalue weighted by Gasteiger charge is 2.39. The van der Waals surface area contributed by atoms with E-state index in [4.69, 9.17) is 9.97 Å². The largest absolute Gasteiger partial charge is 0.307 e. The molecule has 3 aromatic rings. The van der Waals surface area contributed by atoms with Gasteiger partial charge in [0.05, 0.1) is 22.4 Å². The van der Waals surface area contributed by atoms with Crippen LogP contribution < -0.4 is 5.32 Å². The molecule has 2 bridgehead atoms. The lowest BCUT2D eigenvalue weighted by Gasteiger charge is -2.14. The van der Waals surface area contributed by atoms with Crippen molar-refractivity contribution in [1.82, 2.24) is 15.0 Å². The Morgan fingerprint density at radius 1 is 1.00 bits per heavy atom. The molecule has 5 nitrogen and oxygen atoms in total. The summed E-state index contributed by atoms with van der Waals surface area (Å²) in [6, 6.07) is 11.1. The Morgan fingerprint density at radius 3 is 2.52 bits per heavy atom. The number of aromatic nitrogens is 3. The summed E-state index contributed by atoms with van der Waals surface area (Å²) in [5, 5.41) is 2.84. The third kappa shape index (κ3) is 2.38. The molecule has 0 radical (unpaired) electrons. The SMILES string of the molecule is Cc1cccc(NC(=O)c2ccc3nc4c(nc3c2)C2CCC4C2)n1. The van der Waals surface area contributed by atoms with Crippen LogP contribution in [0.1, 0.15) is 58.5 Å². The number of rotatable bonds is 2. The van der Waals surface area contributed by atoms with Crippen LogP contribution in [0.25, 0.3) is 11.0 Å². The summed E-state index contributed by atoms with van der Waals surface area (Å²) in [5.41, 5.74) is 5.46. The Bertz CT molecular complexity index is 1010. The van der Waals surface area contributed by atoms with Gasteiger partial charge in [-0.2, -0.15) is 0 Å². The Hall–Kier alpha value is -2.82. The molecule has 25 heavy (non-hydrogen) atoms. The molecule has 1 N–H and O–H groups in total. The van der Waals surface area contributed by atoms with E-state index in [1.807, 2.05) is 37.3 Å². The third-order valence-corrected chi connectivity index (χ3v) is 5.32. The number of hydrogen-bond donors (Lipinski definition) is 1. The zero-order valence-electron chi connectivity index (χ0n) is 14.0. The van der Waals surface area contributed by atoms with Crippen LogP contribution in [-0.4, -0.2) is 20.9 Å². The van der Waals surface area contributed by atoms with Crippen molar-refractivity contribution in [2.45, 2.75) is 38.0 Å². The maximum absolute atomic E-state index is 12.5. The maximum Gasteiger partial charge on any atom is 0.256 e. The number of nitrogens with one attached hydrogen (secondary N) is 1. The predicted molar refractivity (Wildman–Crippen MR) is 95.8 cm³/mol. The first-order valence-electron chi connectivity index (χ1n) is 8.74. The smallest absolute Gasteiger partial charge is 0.256 e. The molecule has 1 fully saturated rings. The topological polar surface area (TPSA) is 67.8 Å². The van der Waals surface area contributed by atoms with Gasteiger partial charge in [-0.1, -0.05) is 6.07 Å². The number of amides is 1. The molecule has 1 amide bonds. The van der Waals surface area contributed by atoms with Crippen molar-refractivity contribution in [3.05, 3.63) is 59.0 Å². The molecule has 2 heterocycles. The second-order valence-corrected chi connectivity index (χ2v) is 7.02. The van der Waals surface area contributed by atoms with E-state index in [0.717, 1.165) is 22.4 Å². The minimum absolute atomic E-state index is 0.177. The lowest BCUT2D eigenvalue weighted by atomic mass is 10.00. The Labute approximate surface area is 145 Å². The number of nitrogens with zero attached hydrogens (tertiary/aromatic N) is 3. The summed E-state index contributed by atoms with van der Waals surface area (Å²) < 4.78 is 0. The van der Waals surface area contributed by atoms with Crippen LogP contribution in [0.3, 0.4) is 0 Å². The predicted octanol–water partition coefficient (Wildman–Crippen LogP) is 3.95. The molecule has 1 aromatic carbocycles. The normalized spacial score (nSPS) is 20.7. The summed E-state index contributed by atoms with van der Waals surface area (Å²) >= 11 is 0. The van der Waals surface area contributed by atoms with E-state index in [2.05, 4.69) is 10.3 Å². The highest BCUT2D eigenvalue weighted by molar-refractivity contribution is 6.05. The van der Waals surface area contributed by atoms with E-state index in [1.54, 1.807) is 6.07 Å². The number of fused-ring (bicyclic) bond motifs is 6. The van der Waals surface area contributed by atoms with Gasteiger partial charge in [0.1, 0.15) is 5.82 Å². The first-order chi connectivity index (χ1) is 12.2. The van der Waals surface area contributed by atoms with Gasteiger partial charge in [-0.25, -0.2) is 15.0 Å². The average Bonchev–Trinajstić information content (AvgIpc) is 3.21. The Kier molecular flexibility index (Phi) is 3.10. The van der Waals surface area contributed by atoms with Crippen LogP contribution in [0.15, 0.2) is 36.4 Å². The molecule has 1 saturated carbocycles. The number of aryl methyl sites for hydroxylation is 1. The van der Waals surface area contributed by atoms with Gasteiger partial charge in [0.25, 0.3) is 5.91 Å². The monoisotopic (exact) mass is 330 g/mol. The quantitative estimate of drug-likeness (QED) is 0.772. The van der Waals surface area contributed by atoms with E-state index in [1.165, 1.54) is 25.0 Å². The van der Waals surface area contributed by atoms with Crippen LogP contribution in [0.4, 0.5) is 5.82 Å². The standard InChI is InChI=1S/C20H18N4O/c1-11-3-2-4-17(21-11)24-20(25)14-7-8-15-16(10-14)23-19-13-6-5-12(9-13)18(19)22-15/h2-4,7-8,10,12-13H,5-6,9H2,1H3,(H,21,24,25). The lowest BCUT2D eigenvalue weighted by Crippen LogP contribution is -2.13. The van der Waals surface area contributed by atoms with Crippen LogP contribution in [0.2, 0.25) is 0 Å². The van der Waals surface area contributed by atoms with E-state index in [-0.39, 0.29) is 5.91 Å². The highest BCUT2D eigenvalue weighted by Crippen LogP contribution is 2.51. The molecule has 124 valence electrons. The number of benzene rings is 1. The molecule has 5 heteroatoms. The van der Waals surface area contributed by atoms with Gasteiger partial charge in [0.15, 0.2) is 0 Å². The second kappa shape index (κ2) is 5.34. The summed E-state index contributed by atoms with van der Waals surface area (Å²) in [4.78, 5) is 26.5. The number of pyridine rings is 1. The summed E-state index contributed by atoms with van der Waals surface area (Å²) in [6.07, 6.45) is 3.65. The van der Waals surface area contributed by atoms with Crippen molar-refractivity contribution < 1.29 is 4.79 Å². The zero-order chi connectivity index (χ0) is 17.0. The number of hydrogen-bond acceptors (Lipinski definition) is 4. The molecule has 2 atom stereocenters. The van der Waals surface area contributed by atoms with Crippen molar-refractivity contribution in [3.8, 4) is 0 Å². The summed E-state index contributed by atoms with van der Waals surface area (Å²) in [7, 11) is 0. The highest BCUT2D eigenvalue weighted by atomic mass is 16.1. The van der Waals surface area contributed by atoms with Crippen LogP contribution in [0.5, 0.6) is 0 Å². The third-order valence-electron chi connectivity index (χ3n) is 5.32. The lowest BCUT2D eigenvalue weighted by molar-refractivity contribution is 0.102. The minimum Gasteiger partial charge on any atom is -0.307 e. The number of carbonyl (C=O) groups excluding carboxylic acids is 1. The zero-order valence-corrected chi connectivity index (χ0v) is 14.0.